The van der Waals surface area contributed by atoms with Crippen LogP contribution in [0.3, 0.4) is 0 Å². The molecule has 4 rings (SSSR count). The Bertz CT molecular complexity index is 1110. The first-order valence-electron chi connectivity index (χ1n) is 9.33. The average Bonchev–Trinajstić information content (AvgIpc) is 3.35. The normalized spacial score (nSPS) is 11.0. The highest BCUT2D eigenvalue weighted by molar-refractivity contribution is 5.82. The van der Waals surface area contributed by atoms with Crippen LogP contribution in [0, 0.1) is 0 Å². The first-order valence-corrected chi connectivity index (χ1v) is 9.33. The molecule has 2 aromatic heterocycles. The van der Waals surface area contributed by atoms with Crippen molar-refractivity contribution in [3.05, 3.63) is 54.2 Å². The van der Waals surface area contributed by atoms with Crippen molar-refractivity contribution in [2.75, 3.05) is 5.32 Å². The van der Waals surface area contributed by atoms with Gasteiger partial charge in [-0.3, -0.25) is 5.10 Å². The second-order valence-electron chi connectivity index (χ2n) is 7.00. The molecule has 9 heteroatoms. The fraction of sp³-hybridized carbons (Fsp3) is 0.200. The fourth-order valence-corrected chi connectivity index (χ4v) is 2.88. The van der Waals surface area contributed by atoms with E-state index in [1.807, 2.05) is 56.3 Å². The van der Waals surface area contributed by atoms with E-state index in [0.29, 0.717) is 18.3 Å². The van der Waals surface area contributed by atoms with E-state index in [1.165, 1.54) is 0 Å². The summed E-state index contributed by atoms with van der Waals surface area (Å²) in [6.07, 6.45) is 1.77. The van der Waals surface area contributed by atoms with Gasteiger partial charge in [0.2, 0.25) is 5.95 Å². The molecule has 0 unspecified atom stereocenters. The zero-order chi connectivity index (χ0) is 20.2. The first kappa shape index (κ1) is 18.5. The molecule has 148 valence electrons. The molecular weight excluding hydrogens is 368 g/mol. The van der Waals surface area contributed by atoms with Crippen LogP contribution in [0.25, 0.3) is 22.3 Å². The highest BCUT2D eigenvalue weighted by Crippen LogP contribution is 2.21. The molecule has 0 saturated carbocycles. The standard InChI is InChI=1S/C20H22N8O/c1-12(2)23-20(29)21-10-13-3-5-14(6-4-13)18-25-19(28-27-18)24-16-7-8-17-15(9-16)11-22-26-17/h3-9,11-12H,10H2,1-2H3,(H,22,26)(H2,21,23,29)(H2,24,25,27,28). The number of carbonyl (C=O) groups excluding carboxylic acids is 1. The van der Waals surface area contributed by atoms with Gasteiger partial charge in [-0.05, 0) is 37.6 Å². The Hall–Kier alpha value is -3.88. The van der Waals surface area contributed by atoms with Crippen molar-refractivity contribution < 1.29 is 4.79 Å². The number of aromatic nitrogens is 5. The number of anilines is 2. The van der Waals surface area contributed by atoms with Crippen LogP contribution in [-0.2, 0) is 6.54 Å². The third kappa shape index (κ3) is 4.52. The fourth-order valence-electron chi connectivity index (χ4n) is 2.88. The Labute approximate surface area is 167 Å². The molecule has 4 aromatic rings. The molecular formula is C20H22N8O. The molecule has 0 fully saturated rings. The topological polar surface area (TPSA) is 123 Å². The van der Waals surface area contributed by atoms with Crippen LogP contribution in [0.15, 0.2) is 48.7 Å². The van der Waals surface area contributed by atoms with E-state index >= 15 is 0 Å². The number of benzene rings is 2. The van der Waals surface area contributed by atoms with Gasteiger partial charge in [-0.2, -0.15) is 5.10 Å². The molecule has 0 spiro atoms. The minimum absolute atomic E-state index is 0.105. The molecule has 5 N–H and O–H groups in total. The van der Waals surface area contributed by atoms with Crippen molar-refractivity contribution in [3.8, 4) is 11.4 Å². The Morgan fingerprint density at radius 1 is 1.10 bits per heavy atom. The van der Waals surface area contributed by atoms with Crippen LogP contribution in [0.1, 0.15) is 19.4 Å². The maximum Gasteiger partial charge on any atom is 0.315 e. The van der Waals surface area contributed by atoms with Crippen molar-refractivity contribution >= 4 is 28.6 Å². The summed E-state index contributed by atoms with van der Waals surface area (Å²) in [6.45, 7) is 4.30. The summed E-state index contributed by atoms with van der Waals surface area (Å²) in [7, 11) is 0. The predicted octanol–water partition coefficient (Wildman–Crippen LogP) is 3.30. The number of hydrogen-bond acceptors (Lipinski definition) is 5. The smallest absolute Gasteiger partial charge is 0.315 e. The minimum Gasteiger partial charge on any atom is -0.336 e. The van der Waals surface area contributed by atoms with Gasteiger partial charge in [-0.1, -0.05) is 24.3 Å². The van der Waals surface area contributed by atoms with Crippen molar-refractivity contribution in [3.63, 3.8) is 0 Å². The van der Waals surface area contributed by atoms with Crippen molar-refractivity contribution in [2.45, 2.75) is 26.4 Å². The number of aromatic amines is 2. The van der Waals surface area contributed by atoms with E-state index in [9.17, 15) is 4.79 Å². The van der Waals surface area contributed by atoms with Gasteiger partial charge in [0.1, 0.15) is 0 Å². The molecule has 2 heterocycles. The van der Waals surface area contributed by atoms with Crippen LogP contribution < -0.4 is 16.0 Å². The maximum atomic E-state index is 11.7. The first-order chi connectivity index (χ1) is 14.1. The zero-order valence-electron chi connectivity index (χ0n) is 16.2. The number of nitrogens with one attached hydrogen (secondary N) is 5. The average molecular weight is 390 g/mol. The molecule has 29 heavy (non-hydrogen) atoms. The van der Waals surface area contributed by atoms with Crippen LogP contribution in [0.5, 0.6) is 0 Å². The Morgan fingerprint density at radius 2 is 1.93 bits per heavy atom. The molecule has 0 radical (unpaired) electrons. The molecule has 0 aliphatic heterocycles. The van der Waals surface area contributed by atoms with Gasteiger partial charge in [0.05, 0.1) is 11.7 Å². The van der Waals surface area contributed by atoms with E-state index in [4.69, 9.17) is 0 Å². The third-order valence-corrected chi connectivity index (χ3v) is 4.29. The number of nitrogens with zero attached hydrogens (tertiary/aromatic N) is 3. The van der Waals surface area contributed by atoms with Crippen molar-refractivity contribution in [2.24, 2.45) is 0 Å². The lowest BCUT2D eigenvalue weighted by atomic mass is 10.1. The summed E-state index contributed by atoms with van der Waals surface area (Å²) in [5.74, 6) is 1.22. The predicted molar refractivity (Wildman–Crippen MR) is 112 cm³/mol. The second kappa shape index (κ2) is 8.01. The Balaban J connectivity index is 1.39. The molecule has 0 bridgehead atoms. The molecule has 2 aromatic carbocycles. The minimum atomic E-state index is -0.177. The van der Waals surface area contributed by atoms with Gasteiger partial charge in [-0.15, -0.1) is 10.2 Å². The van der Waals surface area contributed by atoms with Gasteiger partial charge in [-0.25, -0.2) is 4.79 Å². The van der Waals surface area contributed by atoms with Crippen molar-refractivity contribution in [1.82, 2.24) is 36.0 Å². The number of amides is 2. The molecule has 2 amide bonds. The van der Waals surface area contributed by atoms with Crippen molar-refractivity contribution in [1.29, 1.82) is 0 Å². The van der Waals surface area contributed by atoms with Crippen LogP contribution in [0.2, 0.25) is 0 Å². The van der Waals surface area contributed by atoms with Gasteiger partial charge in [0.15, 0.2) is 5.82 Å². The SMILES string of the molecule is CC(C)NC(=O)NCc1ccc(-c2nnc(Nc3ccc4[nH]ncc4c3)[nH]2)cc1. The van der Waals surface area contributed by atoms with E-state index in [-0.39, 0.29) is 12.1 Å². The number of rotatable bonds is 6. The summed E-state index contributed by atoms with van der Waals surface area (Å²) in [5, 5.41) is 25.2. The maximum absolute atomic E-state index is 11.7. The third-order valence-electron chi connectivity index (χ3n) is 4.29. The summed E-state index contributed by atoms with van der Waals surface area (Å²) in [6, 6.07) is 13.6. The van der Waals surface area contributed by atoms with Gasteiger partial charge < -0.3 is 20.9 Å². The number of hydrogen-bond donors (Lipinski definition) is 5. The molecule has 0 aliphatic rings. The molecule has 9 nitrogen and oxygen atoms in total. The quantitative estimate of drug-likeness (QED) is 0.346. The number of urea groups is 1. The molecule has 0 atom stereocenters. The highest BCUT2D eigenvalue weighted by atomic mass is 16.2. The second-order valence-corrected chi connectivity index (χ2v) is 7.00. The Kier molecular flexibility index (Phi) is 5.10. The number of fused-ring (bicyclic) bond motifs is 1. The zero-order valence-corrected chi connectivity index (χ0v) is 16.2. The summed E-state index contributed by atoms with van der Waals surface area (Å²) >= 11 is 0. The lowest BCUT2D eigenvalue weighted by molar-refractivity contribution is 0.238. The van der Waals surface area contributed by atoms with E-state index in [1.54, 1.807) is 6.20 Å². The van der Waals surface area contributed by atoms with Gasteiger partial charge in [0, 0.05) is 29.2 Å². The van der Waals surface area contributed by atoms with Gasteiger partial charge in [0.25, 0.3) is 0 Å². The summed E-state index contributed by atoms with van der Waals surface area (Å²) in [4.78, 5) is 14.8. The van der Waals surface area contributed by atoms with Crippen LogP contribution in [0.4, 0.5) is 16.4 Å². The molecule has 0 saturated heterocycles. The highest BCUT2D eigenvalue weighted by Gasteiger charge is 2.07. The van der Waals surface area contributed by atoms with Crippen LogP contribution >= 0.6 is 0 Å². The number of carbonyl (C=O) groups is 1. The van der Waals surface area contributed by atoms with E-state index in [2.05, 4.69) is 41.3 Å². The molecule has 0 aliphatic carbocycles. The largest absolute Gasteiger partial charge is 0.336 e. The summed E-state index contributed by atoms with van der Waals surface area (Å²) < 4.78 is 0. The Morgan fingerprint density at radius 3 is 2.72 bits per heavy atom. The van der Waals surface area contributed by atoms with Crippen LogP contribution in [-0.4, -0.2) is 37.5 Å². The lowest BCUT2D eigenvalue weighted by Crippen LogP contribution is -2.39. The lowest BCUT2D eigenvalue weighted by Gasteiger charge is -2.10. The number of H-pyrrole nitrogens is 2. The summed E-state index contributed by atoms with van der Waals surface area (Å²) in [5.41, 5.74) is 3.78. The van der Waals surface area contributed by atoms with Gasteiger partial charge >= 0.3 is 6.03 Å². The monoisotopic (exact) mass is 390 g/mol. The van der Waals surface area contributed by atoms with E-state index in [0.717, 1.165) is 27.7 Å². The van der Waals surface area contributed by atoms with E-state index < -0.39 is 0 Å².